The van der Waals surface area contributed by atoms with Crippen LogP contribution in [-0.2, 0) is 61.2 Å². The average molecular weight is 951 g/mol. The Balaban J connectivity index is 0.000000198. The molecule has 0 bridgehead atoms. The van der Waals surface area contributed by atoms with Crippen molar-refractivity contribution < 1.29 is 52.0 Å². The second-order valence-electron chi connectivity index (χ2n) is 20.3. The van der Waals surface area contributed by atoms with Crippen LogP contribution in [0.1, 0.15) is 129 Å². The van der Waals surface area contributed by atoms with E-state index >= 15 is 4.39 Å². The van der Waals surface area contributed by atoms with Crippen LogP contribution in [0.25, 0.3) is 10.9 Å². The number of Topliss-reactive ketones (excluding diaryl/α,β-unsaturated/α-hetero) is 3. The summed E-state index contributed by atoms with van der Waals surface area (Å²) in [6, 6.07) is 20.4. The minimum Gasteiger partial charge on any atom is -0.454 e. The summed E-state index contributed by atoms with van der Waals surface area (Å²) in [6.45, 7) is 18.8. The molecule has 5 aromatic rings. The molecule has 370 valence electrons. The Morgan fingerprint density at radius 3 is 1.67 bits per heavy atom. The summed E-state index contributed by atoms with van der Waals surface area (Å²) in [7, 11) is 0. The van der Waals surface area contributed by atoms with Crippen molar-refractivity contribution in [3.8, 4) is 23.0 Å². The molecular weight excluding hydrogens is 883 g/mol. The molecule has 0 radical (unpaired) electrons. The van der Waals surface area contributed by atoms with E-state index in [1.54, 1.807) is 12.1 Å². The Morgan fingerprint density at radius 2 is 1.22 bits per heavy atom. The van der Waals surface area contributed by atoms with Crippen LogP contribution in [0.15, 0.2) is 66.7 Å². The van der Waals surface area contributed by atoms with E-state index in [9.17, 15) is 23.9 Å². The Kier molecular flexibility index (Phi) is 15.5. The number of aldehydes is 1. The van der Waals surface area contributed by atoms with Crippen LogP contribution in [0.2, 0.25) is 0 Å². The molecule has 3 aliphatic heterocycles. The molecule has 2 aliphatic carbocycles. The quantitative estimate of drug-likeness (QED) is 0.0970. The Bertz CT molecular complexity index is 2740. The van der Waals surface area contributed by atoms with Gasteiger partial charge in [0, 0.05) is 54.5 Å². The predicted molar refractivity (Wildman–Crippen MR) is 264 cm³/mol. The lowest BCUT2D eigenvalue weighted by Crippen LogP contribution is -2.31. The van der Waals surface area contributed by atoms with Gasteiger partial charge in [0.25, 0.3) is 0 Å². The smallest absolute Gasteiger partial charge is 0.231 e. The number of anilines is 1. The van der Waals surface area contributed by atoms with E-state index in [2.05, 4.69) is 46.9 Å². The van der Waals surface area contributed by atoms with Crippen molar-refractivity contribution in [3.63, 3.8) is 0 Å². The highest BCUT2D eigenvalue weighted by atomic mass is 19.1. The fraction of sp³-hybridized carbons (Fsp3) is 0.464. The normalized spacial score (nSPS) is 17.0. The van der Waals surface area contributed by atoms with Crippen molar-refractivity contribution >= 4 is 40.2 Å². The number of aliphatic hydroxyl groups excluding tert-OH is 1. The van der Waals surface area contributed by atoms with Crippen LogP contribution in [0.3, 0.4) is 0 Å². The Morgan fingerprint density at radius 1 is 0.739 bits per heavy atom. The molecule has 4 heterocycles. The molecule has 1 unspecified atom stereocenters. The van der Waals surface area contributed by atoms with Gasteiger partial charge in [-0.2, -0.15) is 0 Å². The number of carbonyl (C=O) groups is 4. The number of ketones is 3. The van der Waals surface area contributed by atoms with Crippen molar-refractivity contribution in [2.24, 2.45) is 5.41 Å². The number of benzene rings is 4. The van der Waals surface area contributed by atoms with E-state index in [1.165, 1.54) is 13.0 Å². The molecule has 2 N–H and O–H groups in total. The highest BCUT2D eigenvalue weighted by molar-refractivity contribution is 6.23. The van der Waals surface area contributed by atoms with Crippen LogP contribution in [-0.4, -0.2) is 59.5 Å². The topological polar surface area (TPSA) is 142 Å². The number of ether oxygens (including phenoxy) is 4. The van der Waals surface area contributed by atoms with Gasteiger partial charge in [0.2, 0.25) is 13.6 Å². The Hall–Kier alpha value is -6.08. The number of halogens is 2. The number of aromatic nitrogens is 1. The van der Waals surface area contributed by atoms with Gasteiger partial charge in [-0.1, -0.05) is 81.0 Å². The van der Waals surface area contributed by atoms with Gasteiger partial charge in [-0.05, 0) is 114 Å². The first kappa shape index (κ1) is 52.3. The molecule has 2 fully saturated rings. The number of hydrogen-bond acceptors (Lipinski definition) is 10. The Labute approximate surface area is 404 Å². The van der Waals surface area contributed by atoms with Gasteiger partial charge < -0.3 is 33.9 Å². The SMILES string of the molecule is C.CC.CC(=O)C=O.CC(C)(C)C1Cc2cc(CC(=O)C3(c4ccc5c(c4)OCO5)CC3)c(F)cc2N1.CC(C)(C)c1cc2cc(CC(=O)C3(c4ccc5c(c4)OCO5)CC3)c(F)cc2n1CCO. The third-order valence-electron chi connectivity index (χ3n) is 13.5. The molecule has 0 amide bonds. The van der Waals surface area contributed by atoms with E-state index in [0.29, 0.717) is 40.7 Å². The zero-order valence-corrected chi connectivity index (χ0v) is 40.7. The van der Waals surface area contributed by atoms with Gasteiger partial charge >= 0.3 is 0 Å². The molecular formula is C56H68F2N2O9. The monoisotopic (exact) mass is 950 g/mol. The van der Waals surface area contributed by atoms with Crippen molar-refractivity contribution in [3.05, 3.63) is 112 Å². The highest BCUT2D eigenvalue weighted by Gasteiger charge is 2.52. The second-order valence-corrected chi connectivity index (χ2v) is 20.3. The summed E-state index contributed by atoms with van der Waals surface area (Å²) in [5.74, 6) is 1.74. The lowest BCUT2D eigenvalue weighted by atomic mass is 9.84. The number of rotatable bonds is 11. The van der Waals surface area contributed by atoms with E-state index in [0.717, 1.165) is 71.1 Å². The van der Waals surface area contributed by atoms with Gasteiger partial charge in [-0.3, -0.25) is 19.2 Å². The summed E-state index contributed by atoms with van der Waals surface area (Å²) >= 11 is 0. The van der Waals surface area contributed by atoms with Crippen LogP contribution < -0.4 is 24.3 Å². The fourth-order valence-electron chi connectivity index (χ4n) is 9.30. The first-order valence-corrected chi connectivity index (χ1v) is 23.6. The molecule has 13 heteroatoms. The van der Waals surface area contributed by atoms with Crippen LogP contribution in [0.4, 0.5) is 14.5 Å². The van der Waals surface area contributed by atoms with Crippen molar-refractivity contribution in [1.29, 1.82) is 0 Å². The van der Waals surface area contributed by atoms with Gasteiger partial charge in [-0.15, -0.1) is 0 Å². The van der Waals surface area contributed by atoms with Gasteiger partial charge in [0.1, 0.15) is 23.2 Å². The van der Waals surface area contributed by atoms with Crippen LogP contribution in [0.5, 0.6) is 23.0 Å². The third-order valence-corrected chi connectivity index (χ3v) is 13.5. The summed E-state index contributed by atoms with van der Waals surface area (Å²) in [5, 5.41) is 13.8. The summed E-state index contributed by atoms with van der Waals surface area (Å²) in [6.07, 6.45) is 4.41. The van der Waals surface area contributed by atoms with Gasteiger partial charge in [-0.25, -0.2) is 8.78 Å². The highest BCUT2D eigenvalue weighted by Crippen LogP contribution is 2.53. The lowest BCUT2D eigenvalue weighted by Gasteiger charge is -2.27. The molecule has 11 nitrogen and oxygen atoms in total. The van der Waals surface area contributed by atoms with Crippen molar-refractivity contribution in [2.45, 2.75) is 144 Å². The molecule has 5 aliphatic rings. The summed E-state index contributed by atoms with van der Waals surface area (Å²) < 4.78 is 53.6. The molecule has 10 rings (SSSR count). The minimum absolute atomic E-state index is 0. The number of fused-ring (bicyclic) bond motifs is 4. The maximum Gasteiger partial charge on any atom is 0.231 e. The minimum atomic E-state index is -0.568. The van der Waals surface area contributed by atoms with Gasteiger partial charge in [0.15, 0.2) is 35.1 Å². The third kappa shape index (κ3) is 10.9. The van der Waals surface area contributed by atoms with Gasteiger partial charge in [0.05, 0.1) is 23.0 Å². The summed E-state index contributed by atoms with van der Waals surface area (Å²) in [4.78, 5) is 45.2. The van der Waals surface area contributed by atoms with Crippen LogP contribution >= 0.6 is 0 Å². The van der Waals surface area contributed by atoms with Crippen molar-refractivity contribution in [2.75, 3.05) is 25.5 Å². The zero-order valence-electron chi connectivity index (χ0n) is 40.7. The number of nitrogens with one attached hydrogen (secondary N) is 1. The second kappa shape index (κ2) is 20.5. The van der Waals surface area contributed by atoms with E-state index in [4.69, 9.17) is 23.7 Å². The first-order chi connectivity index (χ1) is 32.3. The van der Waals surface area contributed by atoms with E-state index in [1.807, 2.05) is 66.9 Å². The number of nitrogens with zero attached hydrogens (tertiary/aromatic N) is 1. The number of carbonyl (C=O) groups excluding carboxylic acids is 4. The zero-order chi connectivity index (χ0) is 49.3. The fourth-order valence-corrected chi connectivity index (χ4v) is 9.30. The standard InChI is InChI=1S/C26H28FNO4.C24H26FNO3.C3H4O2.C2H6.CH4/c1-25(2,3)23-11-17-10-16(19(27)14-20(17)28(23)8-9-29)12-24(30)26(6-7-26)18-4-5-21-22(13-18)32-15-31-21;1-23(2,3)21-9-15-8-14(17(25)12-18(15)26-21)10-22(27)24(6-7-24)16-4-5-19-20(11-16)29-13-28-19;1-3(5)2-4;1-2;/h4-5,10-11,13-14,29H,6-9,12,15H2,1-3H3;4-5,8,11-12,21,26H,6-7,9-10,13H2,1-3H3;2H,1H3;1-2H3;1H4. The molecule has 1 atom stereocenters. The lowest BCUT2D eigenvalue weighted by molar-refractivity contribution is -0.128. The van der Waals surface area contributed by atoms with E-state index in [-0.39, 0.29) is 86.8 Å². The molecule has 2 saturated carbocycles. The first-order valence-electron chi connectivity index (χ1n) is 23.6. The maximum absolute atomic E-state index is 15.1. The molecule has 0 saturated heterocycles. The molecule has 1 aromatic heterocycles. The van der Waals surface area contributed by atoms with Crippen LogP contribution in [0, 0.1) is 17.0 Å². The average Bonchev–Trinajstić information content (AvgIpc) is 4.05. The molecule has 0 spiro atoms. The molecule has 4 aromatic carbocycles. The maximum atomic E-state index is 15.1. The largest absolute Gasteiger partial charge is 0.454 e. The van der Waals surface area contributed by atoms with E-state index < -0.39 is 16.6 Å². The summed E-state index contributed by atoms with van der Waals surface area (Å²) in [5.41, 5.74) is 5.35. The predicted octanol–water partition coefficient (Wildman–Crippen LogP) is 10.9. The van der Waals surface area contributed by atoms with Crippen molar-refractivity contribution in [1.82, 2.24) is 4.57 Å². The number of aliphatic hydroxyl groups is 1. The molecule has 69 heavy (non-hydrogen) atoms. The number of hydrogen-bond donors (Lipinski definition) is 2.